The fourth-order valence-corrected chi connectivity index (χ4v) is 4.53. The van der Waals surface area contributed by atoms with Gasteiger partial charge in [-0.1, -0.05) is 23.7 Å². The number of nitrogens with one attached hydrogen (secondary N) is 1. The van der Waals surface area contributed by atoms with E-state index in [2.05, 4.69) is 32.0 Å². The number of likely N-dealkylation sites (N-methyl/N-ethyl adjacent to an activating group) is 1. The van der Waals surface area contributed by atoms with Gasteiger partial charge >= 0.3 is 0 Å². The highest BCUT2D eigenvalue weighted by atomic mass is 35.5. The monoisotopic (exact) mass is 456 g/mol. The largest absolute Gasteiger partial charge is 0.354 e. The molecule has 3 aromatic rings. The number of nitrogens with zero attached hydrogens (tertiary/aromatic N) is 5. The number of hydrogen-bond donors (Lipinski definition) is 1. The Kier molecular flexibility index (Phi) is 7.11. The highest BCUT2D eigenvalue weighted by molar-refractivity contribution is 7.89. The third-order valence-corrected chi connectivity index (χ3v) is 6.45. The lowest BCUT2D eigenvalue weighted by molar-refractivity contribution is 0.493. The highest BCUT2D eigenvalue weighted by Gasteiger charge is 2.24. The van der Waals surface area contributed by atoms with E-state index >= 15 is 0 Å². The molecule has 160 valence electrons. The Balaban J connectivity index is 1.91. The second-order valence-corrected chi connectivity index (χ2v) is 9.11. The van der Waals surface area contributed by atoms with E-state index in [1.54, 1.807) is 61.9 Å². The molecule has 10 heteroatoms. The summed E-state index contributed by atoms with van der Waals surface area (Å²) in [5.41, 5.74) is 2.95. The molecule has 0 bridgehead atoms. The first-order valence-electron chi connectivity index (χ1n) is 9.18. The van der Waals surface area contributed by atoms with Crippen LogP contribution in [-0.2, 0) is 10.0 Å². The number of halogens is 1. The van der Waals surface area contributed by atoms with E-state index in [1.165, 1.54) is 17.7 Å². The number of aliphatic imine (C=N–C) groups is 2. The molecule has 0 aliphatic rings. The molecule has 0 spiro atoms. The van der Waals surface area contributed by atoms with Crippen molar-refractivity contribution >= 4 is 57.1 Å². The van der Waals surface area contributed by atoms with Gasteiger partial charge in [0.25, 0.3) is 0 Å². The average molecular weight is 457 g/mol. The standard InChI is InChI=1S/C21H21ClN6O2S/c1-15(12-24-14-23-2)13-28(3)31(29,30)20-7-5-4-6-18(20)27-16-10-17(22)21-19(11-16)25-8-9-26-21/h4-12,14,27H,2,13H2,1,3H3/b15-12+,24-14?. The van der Waals surface area contributed by atoms with Gasteiger partial charge in [0.2, 0.25) is 10.0 Å². The summed E-state index contributed by atoms with van der Waals surface area (Å²) in [7, 11) is -2.27. The lowest BCUT2D eigenvalue weighted by atomic mass is 10.2. The first-order chi connectivity index (χ1) is 14.8. The minimum Gasteiger partial charge on any atom is -0.354 e. The summed E-state index contributed by atoms with van der Waals surface area (Å²) in [5, 5.41) is 3.56. The van der Waals surface area contributed by atoms with E-state index in [4.69, 9.17) is 11.6 Å². The van der Waals surface area contributed by atoms with Crippen molar-refractivity contribution in [2.45, 2.75) is 11.8 Å². The van der Waals surface area contributed by atoms with Crippen LogP contribution in [0.1, 0.15) is 6.92 Å². The van der Waals surface area contributed by atoms with Gasteiger partial charge in [-0.15, -0.1) is 0 Å². The van der Waals surface area contributed by atoms with Crippen LogP contribution in [-0.4, -0.2) is 49.3 Å². The van der Waals surface area contributed by atoms with Gasteiger partial charge in [-0.3, -0.25) is 15.0 Å². The maximum atomic E-state index is 13.2. The van der Waals surface area contributed by atoms with Gasteiger partial charge in [-0.25, -0.2) is 13.4 Å². The van der Waals surface area contributed by atoms with Crippen molar-refractivity contribution in [1.29, 1.82) is 0 Å². The number of benzene rings is 2. The van der Waals surface area contributed by atoms with Gasteiger partial charge < -0.3 is 5.32 Å². The minimum atomic E-state index is -3.79. The number of fused-ring (bicyclic) bond motifs is 1. The molecule has 1 aromatic heterocycles. The summed E-state index contributed by atoms with van der Waals surface area (Å²) in [4.78, 5) is 16.1. The van der Waals surface area contributed by atoms with Crippen LogP contribution in [0.15, 0.2) is 75.4 Å². The number of rotatable bonds is 8. The van der Waals surface area contributed by atoms with Crippen LogP contribution in [0, 0.1) is 0 Å². The third kappa shape index (κ3) is 5.32. The molecule has 3 rings (SSSR count). The average Bonchev–Trinajstić information content (AvgIpc) is 2.74. The molecule has 1 N–H and O–H groups in total. The maximum absolute atomic E-state index is 13.2. The summed E-state index contributed by atoms with van der Waals surface area (Å²) >= 11 is 6.32. The Bertz CT molecular complexity index is 1270. The van der Waals surface area contributed by atoms with Crippen LogP contribution < -0.4 is 5.32 Å². The predicted molar refractivity (Wildman–Crippen MR) is 126 cm³/mol. The lowest BCUT2D eigenvalue weighted by Gasteiger charge is -2.20. The zero-order valence-corrected chi connectivity index (χ0v) is 18.6. The topological polar surface area (TPSA) is 99.9 Å². The quantitative estimate of drug-likeness (QED) is 0.402. The Hall–Kier alpha value is -3.14. The number of anilines is 2. The van der Waals surface area contributed by atoms with Crippen LogP contribution in [0.25, 0.3) is 11.0 Å². The van der Waals surface area contributed by atoms with E-state index < -0.39 is 10.0 Å². The first kappa shape index (κ1) is 22.5. The Morgan fingerprint density at radius 1 is 1.26 bits per heavy atom. The molecule has 0 saturated heterocycles. The van der Waals surface area contributed by atoms with Crippen molar-refractivity contribution < 1.29 is 8.42 Å². The summed E-state index contributed by atoms with van der Waals surface area (Å²) in [6.07, 6.45) is 5.97. The van der Waals surface area contributed by atoms with Crippen molar-refractivity contribution in [1.82, 2.24) is 14.3 Å². The molecule has 8 nitrogen and oxygen atoms in total. The second-order valence-electron chi connectivity index (χ2n) is 6.69. The summed E-state index contributed by atoms with van der Waals surface area (Å²) in [5.74, 6) is 0. The molecule has 0 radical (unpaired) electrons. The maximum Gasteiger partial charge on any atom is 0.245 e. The molecule has 0 amide bonds. The van der Waals surface area contributed by atoms with Crippen molar-refractivity contribution in [2.24, 2.45) is 9.98 Å². The Labute approximate surface area is 186 Å². The number of para-hydroxylation sites is 1. The number of aromatic nitrogens is 2. The van der Waals surface area contributed by atoms with Crippen LogP contribution >= 0.6 is 11.6 Å². The summed E-state index contributed by atoms with van der Waals surface area (Å²) < 4.78 is 27.7. The molecule has 2 aromatic carbocycles. The van der Waals surface area contributed by atoms with Crippen LogP contribution in [0.2, 0.25) is 5.02 Å². The van der Waals surface area contributed by atoms with E-state index in [-0.39, 0.29) is 11.4 Å². The van der Waals surface area contributed by atoms with Crippen molar-refractivity contribution in [3.63, 3.8) is 0 Å². The Morgan fingerprint density at radius 3 is 2.77 bits per heavy atom. The molecular formula is C21H21ClN6O2S. The summed E-state index contributed by atoms with van der Waals surface area (Å²) in [6.45, 7) is 5.26. The van der Waals surface area contributed by atoms with Crippen LogP contribution in [0.4, 0.5) is 11.4 Å². The second kappa shape index (κ2) is 9.78. The zero-order valence-electron chi connectivity index (χ0n) is 17.0. The van der Waals surface area contributed by atoms with E-state index in [0.717, 1.165) is 5.57 Å². The van der Waals surface area contributed by atoms with Crippen molar-refractivity contribution in [2.75, 3.05) is 18.9 Å². The predicted octanol–water partition coefficient (Wildman–Crippen LogP) is 4.28. The molecule has 0 aliphatic carbocycles. The molecular weight excluding hydrogens is 436 g/mol. The van der Waals surface area contributed by atoms with Crippen LogP contribution in [0.5, 0.6) is 0 Å². The minimum absolute atomic E-state index is 0.136. The zero-order chi connectivity index (χ0) is 22.4. The van der Waals surface area contributed by atoms with Gasteiger partial charge in [0.1, 0.15) is 16.8 Å². The first-order valence-corrected chi connectivity index (χ1v) is 11.0. The molecule has 0 atom stereocenters. The third-order valence-electron chi connectivity index (χ3n) is 4.30. The fraction of sp³-hybridized carbons (Fsp3) is 0.143. The highest BCUT2D eigenvalue weighted by Crippen LogP contribution is 2.30. The molecule has 0 fully saturated rings. The van der Waals surface area contributed by atoms with E-state index in [0.29, 0.717) is 27.4 Å². The SMILES string of the molecule is C=NC=N/C=C(\C)CN(C)S(=O)(=O)c1ccccc1Nc1cc(Cl)c2nccnc2c1. The molecule has 0 aliphatic heterocycles. The van der Waals surface area contributed by atoms with Gasteiger partial charge in [0.15, 0.2) is 0 Å². The fourth-order valence-electron chi connectivity index (χ4n) is 2.91. The Morgan fingerprint density at radius 2 is 2.00 bits per heavy atom. The number of hydrogen-bond acceptors (Lipinski definition) is 6. The van der Waals surface area contributed by atoms with Crippen molar-refractivity contribution in [3.8, 4) is 0 Å². The van der Waals surface area contributed by atoms with Crippen LogP contribution in [0.3, 0.4) is 0 Å². The number of sulfonamides is 1. The smallest absolute Gasteiger partial charge is 0.245 e. The van der Waals surface area contributed by atoms with E-state index in [9.17, 15) is 8.42 Å². The van der Waals surface area contributed by atoms with Gasteiger partial charge in [0, 0.05) is 37.9 Å². The molecule has 0 saturated carbocycles. The summed E-state index contributed by atoms with van der Waals surface area (Å²) in [6, 6.07) is 10.1. The molecule has 0 unspecified atom stereocenters. The molecule has 31 heavy (non-hydrogen) atoms. The normalized spacial score (nSPS) is 12.6. The van der Waals surface area contributed by atoms with Gasteiger partial charge in [-0.2, -0.15) is 4.31 Å². The van der Waals surface area contributed by atoms with E-state index in [1.807, 2.05) is 0 Å². The van der Waals surface area contributed by atoms with Crippen molar-refractivity contribution in [3.05, 3.63) is 65.6 Å². The van der Waals surface area contributed by atoms with Gasteiger partial charge in [-0.05, 0) is 43.5 Å². The van der Waals surface area contributed by atoms with Gasteiger partial charge in [0.05, 0.1) is 16.2 Å². The lowest BCUT2D eigenvalue weighted by Crippen LogP contribution is -2.29. The molecule has 1 heterocycles.